The first-order chi connectivity index (χ1) is 16.9. The summed E-state index contributed by atoms with van der Waals surface area (Å²) in [6.45, 7) is 8.57. The van der Waals surface area contributed by atoms with Crippen molar-refractivity contribution in [2.45, 2.75) is 66.0 Å². The minimum atomic E-state index is -3.59. The van der Waals surface area contributed by atoms with Gasteiger partial charge in [0.25, 0.3) is 0 Å². The Labute approximate surface area is 220 Å². The van der Waals surface area contributed by atoms with E-state index in [2.05, 4.69) is 5.32 Å². The molecule has 0 aliphatic rings. The quantitative estimate of drug-likeness (QED) is 0.372. The normalized spacial score (nSPS) is 12.2. The van der Waals surface area contributed by atoms with Gasteiger partial charge in [0.1, 0.15) is 6.04 Å². The highest BCUT2D eigenvalue weighted by molar-refractivity contribution is 7.92. The molecule has 0 saturated heterocycles. The van der Waals surface area contributed by atoms with Gasteiger partial charge in [0, 0.05) is 31.1 Å². The molecule has 1 atom stereocenters. The zero-order chi connectivity index (χ0) is 26.9. The maximum Gasteiger partial charge on any atom is 0.242 e. The van der Waals surface area contributed by atoms with Gasteiger partial charge < -0.3 is 10.2 Å². The van der Waals surface area contributed by atoms with Gasteiger partial charge in [0.2, 0.25) is 21.8 Å². The predicted molar refractivity (Wildman–Crippen MR) is 147 cm³/mol. The predicted octanol–water partition coefficient (Wildman–Crippen LogP) is 4.84. The molecule has 0 aliphatic carbocycles. The van der Waals surface area contributed by atoms with Crippen molar-refractivity contribution in [2.24, 2.45) is 0 Å². The molecular weight excluding hydrogens is 498 g/mol. The van der Waals surface area contributed by atoms with Crippen LogP contribution < -0.4 is 9.62 Å². The number of unbranched alkanes of at least 4 members (excludes halogenated alkanes) is 1. The Hall–Kier alpha value is -2.58. The molecule has 0 fully saturated rings. The smallest absolute Gasteiger partial charge is 0.242 e. The number of carbonyl (C=O) groups is 2. The molecule has 36 heavy (non-hydrogen) atoms. The number of rotatable bonds is 13. The van der Waals surface area contributed by atoms with Crippen molar-refractivity contribution in [1.82, 2.24) is 10.2 Å². The van der Waals surface area contributed by atoms with E-state index in [1.54, 1.807) is 30.0 Å². The van der Waals surface area contributed by atoms with Gasteiger partial charge in [-0.3, -0.25) is 13.9 Å². The van der Waals surface area contributed by atoms with E-state index < -0.39 is 16.1 Å². The van der Waals surface area contributed by atoms with Crippen molar-refractivity contribution in [3.8, 4) is 0 Å². The lowest BCUT2D eigenvalue weighted by atomic mass is 10.1. The van der Waals surface area contributed by atoms with E-state index in [-0.39, 0.29) is 24.8 Å². The highest BCUT2D eigenvalue weighted by atomic mass is 35.5. The third kappa shape index (κ3) is 8.82. The molecule has 0 heterocycles. The Bertz CT molecular complexity index is 1140. The summed E-state index contributed by atoms with van der Waals surface area (Å²) in [6.07, 6.45) is 3.37. The van der Waals surface area contributed by atoms with Gasteiger partial charge in [-0.15, -0.1) is 0 Å². The number of hydrogen-bond acceptors (Lipinski definition) is 4. The van der Waals surface area contributed by atoms with Crippen LogP contribution in [0.15, 0.2) is 42.5 Å². The molecule has 0 saturated carbocycles. The number of hydrogen-bond donors (Lipinski definition) is 1. The topological polar surface area (TPSA) is 86.8 Å². The zero-order valence-corrected chi connectivity index (χ0v) is 23.5. The molecule has 0 aromatic heterocycles. The second-order valence-electron chi connectivity index (χ2n) is 9.20. The third-order valence-electron chi connectivity index (χ3n) is 6.06. The molecule has 0 aliphatic heterocycles. The Kier molecular flexibility index (Phi) is 11.2. The second kappa shape index (κ2) is 13.7. The van der Waals surface area contributed by atoms with Crippen molar-refractivity contribution in [3.05, 3.63) is 64.2 Å². The first-order valence-corrected chi connectivity index (χ1v) is 14.5. The van der Waals surface area contributed by atoms with E-state index in [1.165, 1.54) is 4.31 Å². The van der Waals surface area contributed by atoms with Crippen molar-refractivity contribution in [1.29, 1.82) is 0 Å². The fourth-order valence-corrected chi connectivity index (χ4v) is 5.02. The van der Waals surface area contributed by atoms with Crippen LogP contribution in [-0.2, 0) is 26.2 Å². The van der Waals surface area contributed by atoms with Gasteiger partial charge in [-0.25, -0.2) is 8.42 Å². The molecule has 0 radical (unpaired) electrons. The third-order valence-corrected chi connectivity index (χ3v) is 7.48. The van der Waals surface area contributed by atoms with Crippen molar-refractivity contribution in [2.75, 3.05) is 23.7 Å². The molecular formula is C27H38ClN3O4S. The lowest BCUT2D eigenvalue weighted by Crippen LogP contribution is -2.48. The number of nitrogens with zero attached hydrogens (tertiary/aromatic N) is 2. The van der Waals surface area contributed by atoms with Crippen LogP contribution in [0.2, 0.25) is 5.02 Å². The molecule has 2 aromatic rings. The van der Waals surface area contributed by atoms with Crippen LogP contribution in [0.4, 0.5) is 5.69 Å². The first-order valence-electron chi connectivity index (χ1n) is 12.3. The largest absolute Gasteiger partial charge is 0.354 e. The van der Waals surface area contributed by atoms with Gasteiger partial charge >= 0.3 is 0 Å². The fraction of sp³-hybridized carbons (Fsp3) is 0.481. The molecule has 2 amide bonds. The Morgan fingerprint density at radius 3 is 2.33 bits per heavy atom. The number of amides is 2. The molecule has 0 spiro atoms. The molecule has 2 aromatic carbocycles. The number of aryl methyl sites for hydroxylation is 2. The lowest BCUT2D eigenvalue weighted by molar-refractivity contribution is -0.140. The van der Waals surface area contributed by atoms with E-state index >= 15 is 0 Å². The highest BCUT2D eigenvalue weighted by Crippen LogP contribution is 2.27. The number of halogens is 1. The molecule has 1 N–H and O–H groups in total. The number of nitrogens with one attached hydrogen (secondary N) is 1. The van der Waals surface area contributed by atoms with Crippen molar-refractivity contribution >= 4 is 39.1 Å². The average Bonchev–Trinajstić information content (AvgIpc) is 2.82. The first kappa shape index (κ1) is 29.6. The van der Waals surface area contributed by atoms with Crippen molar-refractivity contribution in [3.63, 3.8) is 0 Å². The van der Waals surface area contributed by atoms with Gasteiger partial charge in [-0.2, -0.15) is 0 Å². The molecule has 2 rings (SSSR count). The van der Waals surface area contributed by atoms with Gasteiger partial charge in [0.15, 0.2) is 0 Å². The Morgan fingerprint density at radius 1 is 1.06 bits per heavy atom. The van der Waals surface area contributed by atoms with Crippen LogP contribution in [-0.4, -0.2) is 50.5 Å². The summed E-state index contributed by atoms with van der Waals surface area (Å²) in [7, 11) is -3.59. The number of carbonyl (C=O) groups excluding carboxylic acids is 2. The van der Waals surface area contributed by atoms with Gasteiger partial charge in [-0.1, -0.05) is 60.8 Å². The minimum absolute atomic E-state index is 0.101. The summed E-state index contributed by atoms with van der Waals surface area (Å²) in [5.74, 6) is -0.402. The van der Waals surface area contributed by atoms with E-state index in [0.717, 1.165) is 35.8 Å². The van der Waals surface area contributed by atoms with E-state index in [0.29, 0.717) is 30.2 Å². The van der Waals surface area contributed by atoms with Crippen LogP contribution in [0.1, 0.15) is 56.2 Å². The Morgan fingerprint density at radius 2 is 1.72 bits per heavy atom. The molecule has 9 heteroatoms. The summed E-state index contributed by atoms with van der Waals surface area (Å²) < 4.78 is 26.3. The number of anilines is 1. The van der Waals surface area contributed by atoms with Crippen LogP contribution in [0.25, 0.3) is 0 Å². The number of sulfonamides is 1. The summed E-state index contributed by atoms with van der Waals surface area (Å²) in [6, 6.07) is 12.3. The van der Waals surface area contributed by atoms with Crippen LogP contribution in [0, 0.1) is 13.8 Å². The lowest BCUT2D eigenvalue weighted by Gasteiger charge is -2.29. The summed E-state index contributed by atoms with van der Waals surface area (Å²) in [4.78, 5) is 27.7. The molecule has 198 valence electrons. The summed E-state index contributed by atoms with van der Waals surface area (Å²) >= 11 is 6.11. The SMILES string of the molecule is CCCCNC(=O)C(C)N(Cc1ccc(C)cc1)C(=O)CCCN(c1cc(Cl)ccc1C)S(C)(=O)=O. The average molecular weight is 536 g/mol. The number of benzene rings is 2. The van der Waals surface area contributed by atoms with E-state index in [9.17, 15) is 18.0 Å². The fourth-order valence-electron chi connectivity index (χ4n) is 3.84. The maximum absolute atomic E-state index is 13.3. The second-order valence-corrected chi connectivity index (χ2v) is 11.5. The summed E-state index contributed by atoms with van der Waals surface area (Å²) in [5, 5.41) is 3.35. The molecule has 0 bridgehead atoms. The van der Waals surface area contributed by atoms with Crippen LogP contribution >= 0.6 is 11.6 Å². The van der Waals surface area contributed by atoms with Crippen LogP contribution in [0.3, 0.4) is 0 Å². The van der Waals surface area contributed by atoms with Gasteiger partial charge in [-0.05, 0) is 56.9 Å². The molecule has 1 unspecified atom stereocenters. The van der Waals surface area contributed by atoms with Gasteiger partial charge in [0.05, 0.1) is 11.9 Å². The van der Waals surface area contributed by atoms with E-state index in [4.69, 9.17) is 11.6 Å². The Balaban J connectivity index is 2.17. The monoisotopic (exact) mass is 535 g/mol. The summed E-state index contributed by atoms with van der Waals surface area (Å²) in [5.41, 5.74) is 3.31. The van der Waals surface area contributed by atoms with Crippen molar-refractivity contribution < 1.29 is 18.0 Å². The highest BCUT2D eigenvalue weighted by Gasteiger charge is 2.26. The minimum Gasteiger partial charge on any atom is -0.354 e. The molecule has 7 nitrogen and oxygen atoms in total. The maximum atomic E-state index is 13.3. The van der Waals surface area contributed by atoms with Crippen LogP contribution in [0.5, 0.6) is 0 Å². The zero-order valence-electron chi connectivity index (χ0n) is 21.9. The van der Waals surface area contributed by atoms with E-state index in [1.807, 2.05) is 45.0 Å². The standard InChI is InChI=1S/C27H38ClN3O4S/c1-6-7-16-29-27(33)22(4)30(19-23-13-10-20(2)11-14-23)26(32)9-8-17-31(36(5,34)35)25-18-24(28)15-12-21(25)3/h10-15,18,22H,6-9,16-17,19H2,1-5H3,(H,29,33).